The van der Waals surface area contributed by atoms with E-state index < -0.39 is 0 Å². The van der Waals surface area contributed by atoms with Crippen LogP contribution in [0.15, 0.2) is 152 Å². The molecule has 8 aromatic rings. The zero-order valence-electron chi connectivity index (χ0n) is 25.8. The Morgan fingerprint density at radius 3 is 1.57 bits per heavy atom. The maximum atomic E-state index is 4.17. The average Bonchev–Trinajstić information content (AvgIpc) is 3.57. The standard InChI is InChI=1S/C43H31N3/c1-43(2)39-23-31(28-14-16-29(17-15-28)33-25-44-27-45-26-33)18-20-35(39)36-21-19-32(24-40(36)43)30-8-7-9-34(22-30)46-41-12-5-3-10-37(41)38-11-4-6-13-42(38)46/h3-27H,1-2H3. The van der Waals surface area contributed by atoms with Gasteiger partial charge in [-0.05, 0) is 86.5 Å². The van der Waals surface area contributed by atoms with Crippen molar-refractivity contribution in [1.29, 1.82) is 0 Å². The molecule has 46 heavy (non-hydrogen) atoms. The molecular formula is C43H31N3. The van der Waals surface area contributed by atoms with Crippen LogP contribution in [-0.4, -0.2) is 14.5 Å². The lowest BCUT2D eigenvalue weighted by Crippen LogP contribution is -2.15. The smallest absolute Gasteiger partial charge is 0.115 e. The van der Waals surface area contributed by atoms with Crippen LogP contribution in [0.5, 0.6) is 0 Å². The van der Waals surface area contributed by atoms with Gasteiger partial charge in [0.05, 0.1) is 11.0 Å². The van der Waals surface area contributed by atoms with Crippen molar-refractivity contribution in [2.75, 3.05) is 0 Å². The lowest BCUT2D eigenvalue weighted by atomic mass is 9.81. The Hall–Kier alpha value is -5.80. The third-order valence-electron chi connectivity index (χ3n) is 9.81. The highest BCUT2D eigenvalue weighted by molar-refractivity contribution is 6.09. The second-order valence-corrected chi connectivity index (χ2v) is 12.8. The quantitative estimate of drug-likeness (QED) is 0.204. The van der Waals surface area contributed by atoms with Gasteiger partial charge < -0.3 is 4.57 Å². The maximum absolute atomic E-state index is 4.17. The summed E-state index contributed by atoms with van der Waals surface area (Å²) in [5.41, 5.74) is 15.9. The molecule has 0 N–H and O–H groups in total. The van der Waals surface area contributed by atoms with Crippen LogP contribution in [0.3, 0.4) is 0 Å². The minimum absolute atomic E-state index is 0.123. The monoisotopic (exact) mass is 589 g/mol. The van der Waals surface area contributed by atoms with Crippen LogP contribution in [0.4, 0.5) is 0 Å². The Balaban J connectivity index is 1.09. The summed E-state index contributed by atoms with van der Waals surface area (Å²) in [6, 6.07) is 49.0. The molecular weight excluding hydrogens is 558 g/mol. The summed E-state index contributed by atoms with van der Waals surface area (Å²) in [5, 5.41) is 2.56. The van der Waals surface area contributed by atoms with Gasteiger partial charge in [-0.1, -0.05) is 111 Å². The molecule has 0 amide bonds. The van der Waals surface area contributed by atoms with E-state index in [2.05, 4.69) is 162 Å². The Morgan fingerprint density at radius 2 is 0.957 bits per heavy atom. The predicted octanol–water partition coefficient (Wildman–Crippen LogP) is 10.9. The molecule has 218 valence electrons. The molecule has 9 rings (SSSR count). The van der Waals surface area contributed by atoms with E-state index in [4.69, 9.17) is 0 Å². The van der Waals surface area contributed by atoms with Crippen LogP contribution in [0.25, 0.3) is 72.0 Å². The third kappa shape index (κ3) is 4.05. The molecule has 2 aromatic heterocycles. The summed E-state index contributed by atoms with van der Waals surface area (Å²) in [5.74, 6) is 0. The van der Waals surface area contributed by atoms with Crippen LogP contribution in [0, 0.1) is 0 Å². The van der Waals surface area contributed by atoms with Crippen LogP contribution in [0.2, 0.25) is 0 Å². The average molecular weight is 590 g/mol. The number of nitrogens with zero attached hydrogens (tertiary/aromatic N) is 3. The second kappa shape index (κ2) is 10.1. The van der Waals surface area contributed by atoms with Crippen LogP contribution < -0.4 is 0 Å². The second-order valence-electron chi connectivity index (χ2n) is 12.8. The number of rotatable bonds is 4. The van der Waals surface area contributed by atoms with Crippen molar-refractivity contribution in [3.8, 4) is 50.2 Å². The van der Waals surface area contributed by atoms with Gasteiger partial charge >= 0.3 is 0 Å². The van der Waals surface area contributed by atoms with Crippen molar-refractivity contribution in [2.45, 2.75) is 19.3 Å². The molecule has 0 radical (unpaired) electrons. The first-order chi connectivity index (χ1) is 22.6. The number of fused-ring (bicyclic) bond motifs is 6. The van der Waals surface area contributed by atoms with Gasteiger partial charge in [0.1, 0.15) is 6.33 Å². The lowest BCUT2D eigenvalue weighted by molar-refractivity contribution is 0.661. The van der Waals surface area contributed by atoms with Gasteiger partial charge in [-0.2, -0.15) is 0 Å². The van der Waals surface area contributed by atoms with E-state index >= 15 is 0 Å². The number of para-hydroxylation sites is 2. The zero-order valence-corrected chi connectivity index (χ0v) is 25.8. The highest BCUT2D eigenvalue weighted by atomic mass is 15.0. The third-order valence-corrected chi connectivity index (χ3v) is 9.81. The minimum atomic E-state index is -0.123. The fourth-order valence-corrected chi connectivity index (χ4v) is 7.43. The molecule has 1 aliphatic rings. The summed E-state index contributed by atoms with van der Waals surface area (Å²) in [4.78, 5) is 8.33. The Morgan fingerprint density at radius 1 is 0.457 bits per heavy atom. The number of hydrogen-bond donors (Lipinski definition) is 0. The summed E-state index contributed by atoms with van der Waals surface area (Å²) in [6.45, 7) is 4.72. The topological polar surface area (TPSA) is 30.7 Å². The fourth-order valence-electron chi connectivity index (χ4n) is 7.43. The maximum Gasteiger partial charge on any atom is 0.115 e. The molecule has 6 aromatic carbocycles. The first-order valence-corrected chi connectivity index (χ1v) is 15.8. The number of aromatic nitrogens is 3. The van der Waals surface area contributed by atoms with Crippen molar-refractivity contribution in [1.82, 2.24) is 14.5 Å². The van der Waals surface area contributed by atoms with Crippen molar-refractivity contribution in [3.63, 3.8) is 0 Å². The first-order valence-electron chi connectivity index (χ1n) is 15.8. The zero-order chi connectivity index (χ0) is 30.8. The molecule has 0 unspecified atom stereocenters. The summed E-state index contributed by atoms with van der Waals surface area (Å²) in [6.07, 6.45) is 5.27. The molecule has 0 saturated carbocycles. The van der Waals surface area contributed by atoms with Gasteiger partial charge in [0.2, 0.25) is 0 Å². The van der Waals surface area contributed by atoms with Gasteiger partial charge in [0.15, 0.2) is 0 Å². The van der Waals surface area contributed by atoms with Gasteiger partial charge in [-0.3, -0.25) is 0 Å². The van der Waals surface area contributed by atoms with E-state index in [9.17, 15) is 0 Å². The molecule has 2 heterocycles. The largest absolute Gasteiger partial charge is 0.309 e. The first kappa shape index (κ1) is 26.6. The summed E-state index contributed by atoms with van der Waals surface area (Å²) in [7, 11) is 0. The van der Waals surface area contributed by atoms with E-state index in [0.717, 1.165) is 11.1 Å². The molecule has 0 spiro atoms. The van der Waals surface area contributed by atoms with Gasteiger partial charge in [0, 0.05) is 39.8 Å². The Bertz CT molecular complexity index is 2380. The van der Waals surface area contributed by atoms with Crippen molar-refractivity contribution >= 4 is 21.8 Å². The van der Waals surface area contributed by atoms with E-state index in [1.165, 1.54) is 72.0 Å². The minimum Gasteiger partial charge on any atom is -0.309 e. The van der Waals surface area contributed by atoms with E-state index in [-0.39, 0.29) is 5.41 Å². The van der Waals surface area contributed by atoms with E-state index in [1.807, 2.05) is 12.4 Å². The summed E-state index contributed by atoms with van der Waals surface area (Å²) < 4.78 is 2.39. The van der Waals surface area contributed by atoms with E-state index in [1.54, 1.807) is 6.33 Å². The Kier molecular flexibility index (Phi) is 5.85. The highest BCUT2D eigenvalue weighted by Gasteiger charge is 2.36. The summed E-state index contributed by atoms with van der Waals surface area (Å²) >= 11 is 0. The molecule has 3 nitrogen and oxygen atoms in total. The SMILES string of the molecule is CC1(C)c2cc(-c3ccc(-c4cncnc4)cc3)ccc2-c2ccc(-c3cccc(-n4c5ccccc5c5ccccc54)c3)cc21. The normalized spacial score (nSPS) is 13.2. The van der Waals surface area contributed by atoms with Crippen LogP contribution in [0.1, 0.15) is 25.0 Å². The van der Waals surface area contributed by atoms with Gasteiger partial charge in [-0.15, -0.1) is 0 Å². The van der Waals surface area contributed by atoms with Crippen LogP contribution in [-0.2, 0) is 5.41 Å². The highest BCUT2D eigenvalue weighted by Crippen LogP contribution is 2.50. The molecule has 0 aliphatic heterocycles. The van der Waals surface area contributed by atoms with Crippen LogP contribution >= 0.6 is 0 Å². The van der Waals surface area contributed by atoms with Gasteiger partial charge in [-0.25, -0.2) is 9.97 Å². The predicted molar refractivity (Wildman–Crippen MR) is 190 cm³/mol. The molecule has 0 fully saturated rings. The molecule has 0 bridgehead atoms. The fraction of sp³-hybridized carbons (Fsp3) is 0.0698. The number of benzene rings is 6. The van der Waals surface area contributed by atoms with Crippen molar-refractivity contribution in [3.05, 3.63) is 163 Å². The number of hydrogen-bond acceptors (Lipinski definition) is 2. The molecule has 0 atom stereocenters. The van der Waals surface area contributed by atoms with Gasteiger partial charge in [0.25, 0.3) is 0 Å². The molecule has 0 saturated heterocycles. The Labute approximate surface area is 268 Å². The van der Waals surface area contributed by atoms with Crippen molar-refractivity contribution < 1.29 is 0 Å². The lowest BCUT2D eigenvalue weighted by Gasteiger charge is -2.23. The molecule has 1 aliphatic carbocycles. The molecule has 3 heteroatoms. The van der Waals surface area contributed by atoms with Crippen molar-refractivity contribution in [2.24, 2.45) is 0 Å². The van der Waals surface area contributed by atoms with E-state index in [0.29, 0.717) is 0 Å².